The standard InChI is InChI=1S/C24H21ClFN5O3/c25-19-14-28-31(18-10-8-17(9-11-18)29-24(33)34)21(19)23(32)30-22-20(26)12-16(13-27-22)7-6-15-4-2-1-3-5-15/h1-5,12-14,17-18,29H,8-11H2,(H,33,34)(H,27,30,32)/t17-,18+. The normalized spacial score (nSPS) is 17.4. The highest BCUT2D eigenvalue weighted by Gasteiger charge is 2.28. The van der Waals surface area contributed by atoms with Gasteiger partial charge in [-0.1, -0.05) is 41.6 Å². The first kappa shape index (κ1) is 23.3. The van der Waals surface area contributed by atoms with E-state index in [2.05, 4.69) is 32.6 Å². The Morgan fingerprint density at radius 2 is 1.79 bits per heavy atom. The van der Waals surface area contributed by atoms with Gasteiger partial charge in [-0.3, -0.25) is 9.48 Å². The van der Waals surface area contributed by atoms with Crippen molar-refractivity contribution >= 4 is 29.4 Å². The van der Waals surface area contributed by atoms with Gasteiger partial charge in [0, 0.05) is 23.4 Å². The number of pyridine rings is 1. The summed E-state index contributed by atoms with van der Waals surface area (Å²) in [5.41, 5.74) is 1.26. The number of amides is 2. The van der Waals surface area contributed by atoms with E-state index in [9.17, 15) is 14.0 Å². The van der Waals surface area contributed by atoms with E-state index in [1.165, 1.54) is 23.1 Å². The van der Waals surface area contributed by atoms with Crippen molar-refractivity contribution in [1.82, 2.24) is 20.1 Å². The number of halogens is 2. The fourth-order valence-corrected chi connectivity index (χ4v) is 4.12. The van der Waals surface area contributed by atoms with E-state index >= 15 is 0 Å². The Bertz CT molecular complexity index is 1260. The molecule has 1 aliphatic carbocycles. The molecule has 3 aromatic rings. The summed E-state index contributed by atoms with van der Waals surface area (Å²) in [5.74, 6) is 4.16. The Kier molecular flexibility index (Phi) is 7.09. The summed E-state index contributed by atoms with van der Waals surface area (Å²) in [4.78, 5) is 27.8. The second kappa shape index (κ2) is 10.4. The minimum absolute atomic E-state index is 0.102. The lowest BCUT2D eigenvalue weighted by atomic mass is 9.91. The molecule has 0 aliphatic heterocycles. The molecular formula is C24H21ClFN5O3. The average Bonchev–Trinajstić information content (AvgIpc) is 3.21. The van der Waals surface area contributed by atoms with Crippen LogP contribution in [0.25, 0.3) is 0 Å². The summed E-state index contributed by atoms with van der Waals surface area (Å²) in [6, 6.07) is 10.2. The fraction of sp³-hybridized carbons (Fsp3) is 0.250. The van der Waals surface area contributed by atoms with Gasteiger partial charge < -0.3 is 15.7 Å². The number of hydrogen-bond acceptors (Lipinski definition) is 4. The molecule has 3 N–H and O–H groups in total. The Labute approximate surface area is 200 Å². The number of aromatic nitrogens is 3. The lowest BCUT2D eigenvalue weighted by Crippen LogP contribution is -2.37. The van der Waals surface area contributed by atoms with Crippen LogP contribution in [0.5, 0.6) is 0 Å². The number of nitrogens with zero attached hydrogens (tertiary/aromatic N) is 3. The summed E-state index contributed by atoms with van der Waals surface area (Å²) >= 11 is 6.22. The van der Waals surface area contributed by atoms with Gasteiger partial charge in [-0.15, -0.1) is 0 Å². The molecule has 0 unspecified atom stereocenters. The monoisotopic (exact) mass is 481 g/mol. The second-order valence-electron chi connectivity index (χ2n) is 7.87. The van der Waals surface area contributed by atoms with E-state index in [0.29, 0.717) is 31.2 Å². The maximum atomic E-state index is 14.6. The number of rotatable bonds is 4. The van der Waals surface area contributed by atoms with Crippen molar-refractivity contribution in [1.29, 1.82) is 0 Å². The molecule has 0 bridgehead atoms. The maximum absolute atomic E-state index is 14.6. The Morgan fingerprint density at radius 1 is 1.09 bits per heavy atom. The molecule has 1 fully saturated rings. The van der Waals surface area contributed by atoms with Crippen LogP contribution in [-0.2, 0) is 0 Å². The van der Waals surface area contributed by atoms with Gasteiger partial charge in [0.2, 0.25) is 0 Å². The molecule has 8 nitrogen and oxygen atoms in total. The lowest BCUT2D eigenvalue weighted by molar-refractivity contribution is 0.101. The van der Waals surface area contributed by atoms with Crippen molar-refractivity contribution < 1.29 is 19.1 Å². The summed E-state index contributed by atoms with van der Waals surface area (Å²) in [7, 11) is 0. The predicted molar refractivity (Wildman–Crippen MR) is 124 cm³/mol. The molecule has 10 heteroatoms. The number of carboxylic acid groups (broad SMARTS) is 1. The maximum Gasteiger partial charge on any atom is 0.404 e. The van der Waals surface area contributed by atoms with Crippen molar-refractivity contribution in [2.24, 2.45) is 0 Å². The number of nitrogens with one attached hydrogen (secondary N) is 2. The molecule has 34 heavy (non-hydrogen) atoms. The minimum Gasteiger partial charge on any atom is -0.465 e. The average molecular weight is 482 g/mol. The van der Waals surface area contributed by atoms with Gasteiger partial charge in [0.25, 0.3) is 5.91 Å². The van der Waals surface area contributed by atoms with Crippen molar-refractivity contribution in [3.05, 3.63) is 76.5 Å². The van der Waals surface area contributed by atoms with Crippen LogP contribution in [0, 0.1) is 17.7 Å². The van der Waals surface area contributed by atoms with Crippen molar-refractivity contribution in [2.45, 2.75) is 37.8 Å². The third kappa shape index (κ3) is 5.53. The van der Waals surface area contributed by atoms with Gasteiger partial charge in [-0.05, 0) is 43.9 Å². The summed E-state index contributed by atoms with van der Waals surface area (Å²) < 4.78 is 16.1. The predicted octanol–water partition coefficient (Wildman–Crippen LogP) is 4.47. The Morgan fingerprint density at radius 3 is 2.47 bits per heavy atom. The van der Waals surface area contributed by atoms with Crippen LogP contribution in [0.2, 0.25) is 5.02 Å². The van der Waals surface area contributed by atoms with E-state index in [0.717, 1.165) is 5.56 Å². The highest BCUT2D eigenvalue weighted by atomic mass is 35.5. The number of carbonyl (C=O) groups is 2. The zero-order valence-electron chi connectivity index (χ0n) is 18.0. The van der Waals surface area contributed by atoms with Gasteiger partial charge >= 0.3 is 6.09 Å². The molecule has 0 radical (unpaired) electrons. The molecule has 1 aliphatic rings. The first-order chi connectivity index (χ1) is 16.4. The number of carbonyl (C=O) groups excluding carboxylic acids is 1. The zero-order valence-corrected chi connectivity index (χ0v) is 18.7. The third-order valence-corrected chi connectivity index (χ3v) is 5.81. The molecule has 0 spiro atoms. The summed E-state index contributed by atoms with van der Waals surface area (Å²) in [5, 5.41) is 18.2. The SMILES string of the molecule is O=C(O)N[C@H]1CC[C@@H](n2ncc(Cl)c2C(=O)Nc2ncc(C#Cc3ccccc3)cc2F)CC1. The van der Waals surface area contributed by atoms with E-state index in [1.54, 1.807) is 0 Å². The van der Waals surface area contributed by atoms with Crippen LogP contribution < -0.4 is 10.6 Å². The smallest absolute Gasteiger partial charge is 0.404 e. The zero-order chi connectivity index (χ0) is 24.1. The molecule has 2 heterocycles. The third-order valence-electron chi connectivity index (χ3n) is 5.53. The number of benzene rings is 1. The van der Waals surface area contributed by atoms with E-state index < -0.39 is 17.8 Å². The first-order valence-electron chi connectivity index (χ1n) is 10.7. The number of anilines is 1. The lowest BCUT2D eigenvalue weighted by Gasteiger charge is -2.29. The van der Waals surface area contributed by atoms with Crippen molar-refractivity contribution in [2.75, 3.05) is 5.32 Å². The largest absolute Gasteiger partial charge is 0.465 e. The van der Waals surface area contributed by atoms with E-state index in [1.807, 2.05) is 30.3 Å². The van der Waals surface area contributed by atoms with E-state index in [4.69, 9.17) is 16.7 Å². The van der Waals surface area contributed by atoms with Crippen LogP contribution in [0.3, 0.4) is 0 Å². The van der Waals surface area contributed by atoms with E-state index in [-0.39, 0.29) is 28.6 Å². The van der Waals surface area contributed by atoms with Crippen LogP contribution in [-0.4, -0.2) is 37.9 Å². The highest BCUT2D eigenvalue weighted by molar-refractivity contribution is 6.34. The molecule has 1 aromatic carbocycles. The molecule has 0 atom stereocenters. The second-order valence-corrected chi connectivity index (χ2v) is 8.27. The van der Waals surface area contributed by atoms with Gasteiger partial charge in [-0.2, -0.15) is 5.10 Å². The molecule has 0 saturated heterocycles. The summed E-state index contributed by atoms with van der Waals surface area (Å²) in [6.45, 7) is 0. The molecule has 4 rings (SSSR count). The first-order valence-corrected chi connectivity index (χ1v) is 11.0. The van der Waals surface area contributed by atoms with Crippen molar-refractivity contribution in [3.63, 3.8) is 0 Å². The van der Waals surface area contributed by atoms with Gasteiger partial charge in [-0.25, -0.2) is 14.2 Å². The van der Waals surface area contributed by atoms with Crippen LogP contribution >= 0.6 is 11.6 Å². The molecule has 1 saturated carbocycles. The van der Waals surface area contributed by atoms with Gasteiger partial charge in [0.15, 0.2) is 11.6 Å². The molecule has 2 amide bonds. The minimum atomic E-state index is -1.06. The van der Waals surface area contributed by atoms with Crippen LogP contribution in [0.4, 0.5) is 15.0 Å². The quantitative estimate of drug-likeness (QED) is 0.476. The fourth-order valence-electron chi connectivity index (χ4n) is 3.90. The molecule has 2 aromatic heterocycles. The highest BCUT2D eigenvalue weighted by Crippen LogP contribution is 2.31. The van der Waals surface area contributed by atoms with Crippen LogP contribution in [0.1, 0.15) is 53.3 Å². The number of hydrogen-bond donors (Lipinski definition) is 3. The summed E-state index contributed by atoms with van der Waals surface area (Å²) in [6.07, 6.45) is 4.13. The molecule has 174 valence electrons. The van der Waals surface area contributed by atoms with Crippen molar-refractivity contribution in [3.8, 4) is 11.8 Å². The topological polar surface area (TPSA) is 109 Å². The van der Waals surface area contributed by atoms with Gasteiger partial charge in [0.1, 0.15) is 5.69 Å². The Balaban J connectivity index is 1.46. The van der Waals surface area contributed by atoms with Crippen LogP contribution in [0.15, 0.2) is 48.8 Å². The molecular weight excluding hydrogens is 461 g/mol. The Hall–Kier alpha value is -3.90. The van der Waals surface area contributed by atoms with Gasteiger partial charge in [0.05, 0.1) is 17.3 Å².